The van der Waals surface area contributed by atoms with Crippen LogP contribution in [-0.2, 0) is 6.54 Å². The number of methoxy groups -OCH3 is 1. The summed E-state index contributed by atoms with van der Waals surface area (Å²) in [5.41, 5.74) is 3.23. The first-order valence-corrected chi connectivity index (χ1v) is 10.4. The van der Waals surface area contributed by atoms with E-state index in [-0.39, 0.29) is 15.7 Å². The molecule has 0 saturated carbocycles. The minimum atomic E-state index is -0.220. The van der Waals surface area contributed by atoms with Gasteiger partial charge in [-0.2, -0.15) is 0 Å². The van der Waals surface area contributed by atoms with Crippen molar-refractivity contribution in [3.05, 3.63) is 93.0 Å². The molecule has 0 spiro atoms. The van der Waals surface area contributed by atoms with Gasteiger partial charge in [0.2, 0.25) is 0 Å². The third-order valence-electron chi connectivity index (χ3n) is 5.12. The second kappa shape index (κ2) is 8.18. The van der Waals surface area contributed by atoms with Crippen molar-refractivity contribution < 1.29 is 9.15 Å². The van der Waals surface area contributed by atoms with E-state index < -0.39 is 0 Å². The molecule has 7 nitrogen and oxygen atoms in total. The number of benzene rings is 2. The van der Waals surface area contributed by atoms with E-state index in [0.29, 0.717) is 23.4 Å². The van der Waals surface area contributed by atoms with Crippen LogP contribution < -0.4 is 10.3 Å². The van der Waals surface area contributed by atoms with Crippen molar-refractivity contribution in [3.8, 4) is 22.8 Å². The van der Waals surface area contributed by atoms with E-state index in [2.05, 4.69) is 10.3 Å². The maximum Gasteiger partial charge on any atom is 0.253 e. The van der Waals surface area contributed by atoms with Crippen molar-refractivity contribution in [2.45, 2.75) is 6.54 Å². The molecule has 0 fully saturated rings. The lowest BCUT2D eigenvalue weighted by Gasteiger charge is -2.08. The summed E-state index contributed by atoms with van der Waals surface area (Å²) in [5, 5.41) is 8.42. The highest BCUT2D eigenvalue weighted by Crippen LogP contribution is 2.34. The first kappa shape index (κ1) is 20.4. The van der Waals surface area contributed by atoms with Gasteiger partial charge in [-0.1, -0.05) is 52.7 Å². The molecule has 0 unspecified atom stereocenters. The normalized spacial score (nSPS) is 11.2. The van der Waals surface area contributed by atoms with E-state index in [1.54, 1.807) is 22.6 Å². The van der Waals surface area contributed by atoms with Crippen LogP contribution in [0.25, 0.3) is 28.1 Å². The average Bonchev–Trinajstić information content (AvgIpc) is 3.44. The number of pyridine rings is 1. The van der Waals surface area contributed by atoms with Crippen LogP contribution >= 0.6 is 23.2 Å². The molecule has 0 aliphatic heterocycles. The van der Waals surface area contributed by atoms with Gasteiger partial charge < -0.3 is 13.7 Å². The summed E-state index contributed by atoms with van der Waals surface area (Å²) in [4.78, 5) is 12.8. The molecular weight excluding hydrogens is 451 g/mol. The SMILES string of the molecule is COc1ccc(Cn2c(=O)cc(Cl)c3oc(-c4ccccc4-n4cc(Cl)nn4)cc32)cc1. The number of fused-ring (bicyclic) bond motifs is 1. The third kappa shape index (κ3) is 3.66. The van der Waals surface area contributed by atoms with E-state index in [4.69, 9.17) is 32.4 Å². The number of halogens is 2. The molecule has 5 rings (SSSR count). The van der Waals surface area contributed by atoms with Gasteiger partial charge in [-0.25, -0.2) is 4.68 Å². The van der Waals surface area contributed by atoms with Crippen molar-refractivity contribution >= 4 is 34.3 Å². The Morgan fingerprint density at radius 3 is 2.56 bits per heavy atom. The zero-order valence-electron chi connectivity index (χ0n) is 16.8. The van der Waals surface area contributed by atoms with E-state index >= 15 is 0 Å². The lowest BCUT2D eigenvalue weighted by atomic mass is 10.1. The van der Waals surface area contributed by atoms with Crippen LogP contribution in [0.4, 0.5) is 0 Å². The highest BCUT2D eigenvalue weighted by Gasteiger charge is 2.18. The van der Waals surface area contributed by atoms with Crippen LogP contribution in [0.3, 0.4) is 0 Å². The Hall–Kier alpha value is -3.55. The van der Waals surface area contributed by atoms with Gasteiger partial charge in [-0.05, 0) is 29.8 Å². The number of para-hydroxylation sites is 1. The van der Waals surface area contributed by atoms with Crippen molar-refractivity contribution in [2.24, 2.45) is 0 Å². The fraction of sp³-hybridized carbons (Fsp3) is 0.0870. The van der Waals surface area contributed by atoms with Gasteiger partial charge in [0.15, 0.2) is 10.7 Å². The highest BCUT2D eigenvalue weighted by molar-refractivity contribution is 6.34. The number of hydrogen-bond acceptors (Lipinski definition) is 5. The maximum absolute atomic E-state index is 12.8. The molecule has 3 aromatic heterocycles. The molecular formula is C23H16Cl2N4O3. The van der Waals surface area contributed by atoms with Crippen LogP contribution in [-0.4, -0.2) is 26.7 Å². The molecule has 160 valence electrons. The molecule has 0 radical (unpaired) electrons. The minimum absolute atomic E-state index is 0.220. The predicted octanol–water partition coefficient (Wildman–Crippen LogP) is 5.21. The summed E-state index contributed by atoms with van der Waals surface area (Å²) in [7, 11) is 1.61. The van der Waals surface area contributed by atoms with Gasteiger partial charge in [0.1, 0.15) is 11.5 Å². The Kier molecular flexibility index (Phi) is 5.20. The topological polar surface area (TPSA) is 75.1 Å². The smallest absolute Gasteiger partial charge is 0.253 e. The predicted molar refractivity (Wildman–Crippen MR) is 123 cm³/mol. The number of nitrogens with zero attached hydrogens (tertiary/aromatic N) is 4. The van der Waals surface area contributed by atoms with Crippen molar-refractivity contribution in [2.75, 3.05) is 7.11 Å². The molecule has 0 N–H and O–H groups in total. The highest BCUT2D eigenvalue weighted by atomic mass is 35.5. The summed E-state index contributed by atoms with van der Waals surface area (Å²) in [6.07, 6.45) is 1.61. The summed E-state index contributed by atoms with van der Waals surface area (Å²) in [6.45, 7) is 0.357. The monoisotopic (exact) mass is 466 g/mol. The van der Waals surface area contributed by atoms with E-state index in [0.717, 1.165) is 22.6 Å². The van der Waals surface area contributed by atoms with E-state index in [9.17, 15) is 4.79 Å². The number of furan rings is 1. The van der Waals surface area contributed by atoms with Crippen molar-refractivity contribution in [3.63, 3.8) is 0 Å². The zero-order chi connectivity index (χ0) is 22.2. The Labute approximate surface area is 192 Å². The van der Waals surface area contributed by atoms with Gasteiger partial charge >= 0.3 is 0 Å². The molecule has 2 aromatic carbocycles. The van der Waals surface area contributed by atoms with Gasteiger partial charge in [0.05, 0.1) is 36.1 Å². The Morgan fingerprint density at radius 2 is 1.84 bits per heavy atom. The Morgan fingerprint density at radius 1 is 1.06 bits per heavy atom. The zero-order valence-corrected chi connectivity index (χ0v) is 18.3. The van der Waals surface area contributed by atoms with Crippen LogP contribution in [0, 0.1) is 0 Å². The fourth-order valence-corrected chi connectivity index (χ4v) is 3.93. The van der Waals surface area contributed by atoms with E-state index in [1.807, 2.05) is 54.6 Å². The Bertz CT molecular complexity index is 1490. The van der Waals surface area contributed by atoms with Crippen LogP contribution in [0.5, 0.6) is 5.75 Å². The largest absolute Gasteiger partial charge is 0.497 e. The summed E-state index contributed by atoms with van der Waals surface area (Å²) >= 11 is 12.3. The average molecular weight is 467 g/mol. The minimum Gasteiger partial charge on any atom is -0.497 e. The maximum atomic E-state index is 12.8. The molecule has 0 aliphatic rings. The van der Waals surface area contributed by atoms with Gasteiger partial charge in [0.25, 0.3) is 5.56 Å². The molecule has 9 heteroatoms. The lowest BCUT2D eigenvalue weighted by Crippen LogP contribution is -2.19. The molecule has 0 atom stereocenters. The second-order valence-electron chi connectivity index (χ2n) is 7.09. The first-order valence-electron chi connectivity index (χ1n) is 9.67. The molecule has 0 saturated heterocycles. The number of ether oxygens (including phenoxy) is 1. The quantitative estimate of drug-likeness (QED) is 0.355. The summed E-state index contributed by atoms with van der Waals surface area (Å²) in [6, 6.07) is 18.2. The molecule has 0 amide bonds. The van der Waals surface area contributed by atoms with Crippen molar-refractivity contribution in [1.29, 1.82) is 0 Å². The number of aromatic nitrogens is 4. The summed E-state index contributed by atoms with van der Waals surface area (Å²) in [5.74, 6) is 1.29. The molecule has 0 aliphatic carbocycles. The molecule has 0 bridgehead atoms. The summed E-state index contributed by atoms with van der Waals surface area (Å²) < 4.78 is 14.5. The van der Waals surface area contributed by atoms with Gasteiger partial charge in [-0.3, -0.25) is 4.79 Å². The van der Waals surface area contributed by atoms with Gasteiger partial charge in [-0.15, -0.1) is 5.10 Å². The molecule has 32 heavy (non-hydrogen) atoms. The third-order valence-corrected chi connectivity index (χ3v) is 5.57. The van der Waals surface area contributed by atoms with Crippen molar-refractivity contribution in [1.82, 2.24) is 19.6 Å². The number of hydrogen-bond donors (Lipinski definition) is 0. The Balaban J connectivity index is 1.64. The van der Waals surface area contributed by atoms with Gasteiger partial charge in [0, 0.05) is 17.7 Å². The van der Waals surface area contributed by atoms with Crippen LogP contribution in [0.2, 0.25) is 10.2 Å². The number of rotatable bonds is 5. The standard InChI is InChI=1S/C23H16Cl2N4O3/c1-31-15-8-6-14(7-9-15)12-28-19-11-20(32-23(19)17(24)10-22(28)30)16-4-2-3-5-18(16)29-13-21(25)26-27-29/h2-11,13H,12H2,1H3. The van der Waals surface area contributed by atoms with Crippen LogP contribution in [0.1, 0.15) is 5.56 Å². The van der Waals surface area contributed by atoms with Crippen LogP contribution in [0.15, 0.2) is 76.1 Å². The second-order valence-corrected chi connectivity index (χ2v) is 7.89. The fourth-order valence-electron chi connectivity index (χ4n) is 3.58. The van der Waals surface area contributed by atoms with E-state index in [1.165, 1.54) is 6.07 Å². The molecule has 3 heterocycles. The lowest BCUT2D eigenvalue weighted by molar-refractivity contribution is 0.414. The molecule has 5 aromatic rings. The first-order chi connectivity index (χ1) is 15.5.